The molecular weight excluding hydrogens is 178 g/mol. The molecule has 0 bridgehead atoms. The Balaban J connectivity index is 2.40. The molecule has 0 aliphatic heterocycles. The van der Waals surface area contributed by atoms with Crippen LogP contribution < -0.4 is 5.32 Å². The first-order valence-corrected chi connectivity index (χ1v) is 4.17. The van der Waals surface area contributed by atoms with Crippen LogP contribution in [0.2, 0.25) is 0 Å². The summed E-state index contributed by atoms with van der Waals surface area (Å²) in [5.74, 6) is -0.301. The molecule has 1 aromatic rings. The van der Waals surface area contributed by atoms with E-state index in [2.05, 4.69) is 14.1 Å². The van der Waals surface area contributed by atoms with Crippen LogP contribution in [0.1, 0.15) is 17.4 Å². The number of carbonyl (C=O) groups is 1. The van der Waals surface area contributed by atoms with E-state index in [0.29, 0.717) is 5.69 Å². The van der Waals surface area contributed by atoms with Crippen molar-refractivity contribution in [3.05, 3.63) is 11.9 Å². The van der Waals surface area contributed by atoms with Gasteiger partial charge in [0.15, 0.2) is 5.69 Å². The van der Waals surface area contributed by atoms with Crippen LogP contribution in [0.15, 0.2) is 6.20 Å². The molecule has 12 heavy (non-hydrogen) atoms. The Morgan fingerprint density at radius 2 is 2.67 bits per heavy atom. The number of rotatable bonds is 3. The summed E-state index contributed by atoms with van der Waals surface area (Å²) in [6.45, 7) is 1.83. The number of hydrogen-bond acceptors (Lipinski definition) is 5. The summed E-state index contributed by atoms with van der Waals surface area (Å²) >= 11 is 0.979. The van der Waals surface area contributed by atoms with Crippen molar-refractivity contribution in [2.24, 2.45) is 0 Å². The third kappa shape index (κ3) is 2.55. The van der Waals surface area contributed by atoms with E-state index in [-0.39, 0.29) is 12.5 Å². The number of aliphatic hydroxyl groups excluding tert-OH is 1. The summed E-state index contributed by atoms with van der Waals surface area (Å²) in [6, 6.07) is 0. The molecule has 0 saturated heterocycles. The summed E-state index contributed by atoms with van der Waals surface area (Å²) in [5, 5.41) is 11.4. The molecular formula is C6H9N3O2S. The van der Waals surface area contributed by atoms with Gasteiger partial charge >= 0.3 is 0 Å². The molecule has 6 heteroatoms. The molecule has 1 heterocycles. The van der Waals surface area contributed by atoms with E-state index in [0.717, 1.165) is 11.7 Å². The Hall–Kier alpha value is -1.01. The van der Waals surface area contributed by atoms with Gasteiger partial charge in [-0.3, -0.25) is 4.79 Å². The van der Waals surface area contributed by atoms with Crippen molar-refractivity contribution in [2.75, 3.05) is 6.54 Å². The van der Waals surface area contributed by atoms with Crippen molar-refractivity contribution >= 4 is 17.6 Å². The molecule has 1 amide bonds. The molecule has 0 fully saturated rings. The van der Waals surface area contributed by atoms with E-state index in [1.54, 1.807) is 6.92 Å². The molecule has 0 spiro atoms. The van der Waals surface area contributed by atoms with Gasteiger partial charge in [-0.05, 0) is 6.92 Å². The summed E-state index contributed by atoms with van der Waals surface area (Å²) < 4.78 is 7.41. The number of hydrogen-bond donors (Lipinski definition) is 2. The zero-order valence-corrected chi connectivity index (χ0v) is 7.34. The molecule has 1 rings (SSSR count). The van der Waals surface area contributed by atoms with Crippen LogP contribution in [0, 0.1) is 0 Å². The zero-order valence-electron chi connectivity index (χ0n) is 6.52. The van der Waals surface area contributed by atoms with Crippen LogP contribution in [-0.4, -0.2) is 32.4 Å². The van der Waals surface area contributed by atoms with Crippen LogP contribution in [0.5, 0.6) is 0 Å². The standard InChI is InChI=1S/C6H9N3O2S/c1-4(10)2-7-6(11)5-3-8-12-9-5/h3-4,10H,2H2,1H3,(H,7,11)/t4-/m0/s1. The fraction of sp³-hybridized carbons (Fsp3) is 0.500. The molecule has 0 saturated carbocycles. The maximum absolute atomic E-state index is 11.1. The van der Waals surface area contributed by atoms with Crippen molar-refractivity contribution in [1.29, 1.82) is 0 Å². The minimum atomic E-state index is -0.541. The van der Waals surface area contributed by atoms with Gasteiger partial charge in [-0.2, -0.15) is 8.75 Å². The molecule has 5 nitrogen and oxygen atoms in total. The maximum atomic E-state index is 11.1. The van der Waals surface area contributed by atoms with Gasteiger partial charge in [0.25, 0.3) is 5.91 Å². The van der Waals surface area contributed by atoms with Crippen LogP contribution in [0.25, 0.3) is 0 Å². The Morgan fingerprint density at radius 1 is 1.92 bits per heavy atom. The molecule has 2 N–H and O–H groups in total. The largest absolute Gasteiger partial charge is 0.392 e. The van der Waals surface area contributed by atoms with E-state index in [4.69, 9.17) is 5.11 Å². The highest BCUT2D eigenvalue weighted by molar-refractivity contribution is 6.99. The second-order valence-corrected chi connectivity index (χ2v) is 2.91. The predicted octanol–water partition coefficient (Wildman–Crippen LogP) is -0.351. The first kappa shape index (κ1) is 9.08. The van der Waals surface area contributed by atoms with Gasteiger partial charge in [0.05, 0.1) is 24.0 Å². The van der Waals surface area contributed by atoms with E-state index in [1.807, 2.05) is 0 Å². The number of nitrogens with one attached hydrogen (secondary N) is 1. The monoisotopic (exact) mass is 187 g/mol. The molecule has 0 unspecified atom stereocenters. The summed E-state index contributed by atoms with van der Waals surface area (Å²) in [7, 11) is 0. The highest BCUT2D eigenvalue weighted by Gasteiger charge is 2.08. The minimum absolute atomic E-state index is 0.232. The average molecular weight is 187 g/mol. The Bertz CT molecular complexity index is 247. The first-order valence-electron chi connectivity index (χ1n) is 3.44. The molecule has 0 radical (unpaired) electrons. The Kier molecular flexibility index (Phi) is 3.12. The van der Waals surface area contributed by atoms with Crippen LogP contribution >= 0.6 is 11.7 Å². The van der Waals surface area contributed by atoms with Crippen molar-refractivity contribution in [3.63, 3.8) is 0 Å². The van der Waals surface area contributed by atoms with Gasteiger partial charge in [0.1, 0.15) is 0 Å². The van der Waals surface area contributed by atoms with E-state index >= 15 is 0 Å². The fourth-order valence-electron chi connectivity index (χ4n) is 0.596. The van der Waals surface area contributed by atoms with Crippen LogP contribution in [0.3, 0.4) is 0 Å². The number of aliphatic hydroxyl groups is 1. The molecule has 66 valence electrons. The third-order valence-corrected chi connectivity index (χ3v) is 1.63. The number of carbonyl (C=O) groups excluding carboxylic acids is 1. The summed E-state index contributed by atoms with van der Waals surface area (Å²) in [6.07, 6.45) is 0.850. The highest BCUT2D eigenvalue weighted by atomic mass is 32.1. The molecule has 1 atom stereocenters. The number of nitrogens with zero attached hydrogens (tertiary/aromatic N) is 2. The van der Waals surface area contributed by atoms with E-state index < -0.39 is 6.10 Å². The molecule has 0 aliphatic carbocycles. The number of amides is 1. The van der Waals surface area contributed by atoms with Gasteiger partial charge in [-0.15, -0.1) is 0 Å². The van der Waals surface area contributed by atoms with Gasteiger partial charge in [-0.25, -0.2) is 0 Å². The van der Waals surface area contributed by atoms with Crippen molar-refractivity contribution in [2.45, 2.75) is 13.0 Å². The normalized spacial score (nSPS) is 12.5. The summed E-state index contributed by atoms with van der Waals surface area (Å²) in [4.78, 5) is 11.1. The lowest BCUT2D eigenvalue weighted by Gasteiger charge is -2.03. The fourth-order valence-corrected chi connectivity index (χ4v) is 1.01. The van der Waals surface area contributed by atoms with E-state index in [1.165, 1.54) is 6.20 Å². The third-order valence-electron chi connectivity index (χ3n) is 1.15. The quantitative estimate of drug-likeness (QED) is 0.678. The van der Waals surface area contributed by atoms with Gasteiger partial charge in [0.2, 0.25) is 0 Å². The highest BCUT2D eigenvalue weighted by Crippen LogP contribution is 1.94. The lowest BCUT2D eigenvalue weighted by Crippen LogP contribution is -2.30. The van der Waals surface area contributed by atoms with Crippen LogP contribution in [0.4, 0.5) is 0 Å². The van der Waals surface area contributed by atoms with E-state index in [9.17, 15) is 4.79 Å². The Morgan fingerprint density at radius 3 is 3.17 bits per heavy atom. The first-order chi connectivity index (χ1) is 5.70. The molecule has 0 aliphatic rings. The summed E-state index contributed by atoms with van der Waals surface area (Å²) in [5.41, 5.74) is 0.292. The second-order valence-electron chi connectivity index (χ2n) is 2.35. The van der Waals surface area contributed by atoms with Gasteiger partial charge in [-0.1, -0.05) is 0 Å². The lowest BCUT2D eigenvalue weighted by atomic mass is 10.4. The topological polar surface area (TPSA) is 75.1 Å². The van der Waals surface area contributed by atoms with Gasteiger partial charge < -0.3 is 10.4 Å². The van der Waals surface area contributed by atoms with Crippen molar-refractivity contribution < 1.29 is 9.90 Å². The van der Waals surface area contributed by atoms with Crippen LogP contribution in [-0.2, 0) is 0 Å². The predicted molar refractivity (Wildman–Crippen MR) is 43.9 cm³/mol. The van der Waals surface area contributed by atoms with Crippen molar-refractivity contribution in [1.82, 2.24) is 14.1 Å². The van der Waals surface area contributed by atoms with Crippen molar-refractivity contribution in [3.8, 4) is 0 Å². The maximum Gasteiger partial charge on any atom is 0.272 e. The lowest BCUT2D eigenvalue weighted by molar-refractivity contribution is 0.0920. The SMILES string of the molecule is C[C@H](O)CNC(=O)c1cnsn1. The minimum Gasteiger partial charge on any atom is -0.392 e. The number of aromatic nitrogens is 2. The Labute approximate surface area is 73.8 Å². The molecule has 1 aromatic heterocycles. The second kappa shape index (κ2) is 4.13. The average Bonchev–Trinajstić information content (AvgIpc) is 2.51. The zero-order chi connectivity index (χ0) is 8.97. The smallest absolute Gasteiger partial charge is 0.272 e. The molecule has 0 aromatic carbocycles. The van der Waals surface area contributed by atoms with Gasteiger partial charge in [0, 0.05) is 6.54 Å².